The molecule has 0 radical (unpaired) electrons. The van der Waals surface area contributed by atoms with Crippen molar-refractivity contribution >= 4 is 0 Å². The van der Waals surface area contributed by atoms with Gasteiger partial charge in [-0.25, -0.2) is 4.98 Å². The van der Waals surface area contributed by atoms with E-state index in [1.165, 1.54) is 5.56 Å². The van der Waals surface area contributed by atoms with Gasteiger partial charge in [-0.1, -0.05) is 38.1 Å². The average molecular weight is 253 g/mol. The molecule has 19 heavy (non-hydrogen) atoms. The molecule has 0 saturated carbocycles. The third-order valence-electron chi connectivity index (χ3n) is 3.70. The Morgan fingerprint density at radius 1 is 1.26 bits per heavy atom. The highest BCUT2D eigenvalue weighted by atomic mass is 15.0. The third kappa shape index (κ3) is 2.68. The zero-order chi connectivity index (χ0) is 13.8. The molecule has 0 spiro atoms. The first-order chi connectivity index (χ1) is 9.17. The molecule has 98 valence electrons. The third-order valence-corrected chi connectivity index (χ3v) is 3.70. The Bertz CT molecular complexity index is 575. The fraction of sp³-hybridized carbons (Fsp3) is 0.375. The van der Waals surface area contributed by atoms with Gasteiger partial charge in [0, 0.05) is 19.4 Å². The number of imidazole rings is 1. The molecular formula is C16H19N3. The molecule has 2 atom stereocenters. The highest BCUT2D eigenvalue weighted by molar-refractivity contribution is 5.35. The van der Waals surface area contributed by atoms with Crippen LogP contribution in [0.15, 0.2) is 36.7 Å². The largest absolute Gasteiger partial charge is 0.337 e. The SMILES string of the molecule is CCC(C)c1ccc(C(C#N)c2nccn2C)cc1. The van der Waals surface area contributed by atoms with Crippen LogP contribution in [0, 0.1) is 11.3 Å². The lowest BCUT2D eigenvalue weighted by atomic mass is 9.93. The molecule has 2 rings (SSSR count). The second kappa shape index (κ2) is 5.71. The van der Waals surface area contributed by atoms with E-state index in [1.54, 1.807) is 6.20 Å². The van der Waals surface area contributed by atoms with Gasteiger partial charge in [0.25, 0.3) is 0 Å². The lowest BCUT2D eigenvalue weighted by Crippen LogP contribution is -2.06. The summed E-state index contributed by atoms with van der Waals surface area (Å²) in [6, 6.07) is 10.7. The Hall–Kier alpha value is -2.08. The van der Waals surface area contributed by atoms with Gasteiger partial charge in [0.15, 0.2) is 0 Å². The van der Waals surface area contributed by atoms with Crippen molar-refractivity contribution in [3.63, 3.8) is 0 Å². The first-order valence-electron chi connectivity index (χ1n) is 6.64. The molecule has 1 aromatic heterocycles. The second-order valence-electron chi connectivity index (χ2n) is 4.93. The van der Waals surface area contributed by atoms with Crippen molar-refractivity contribution in [3.05, 3.63) is 53.6 Å². The Balaban J connectivity index is 2.31. The van der Waals surface area contributed by atoms with Gasteiger partial charge in [0.2, 0.25) is 0 Å². The van der Waals surface area contributed by atoms with E-state index in [-0.39, 0.29) is 5.92 Å². The standard InChI is InChI=1S/C16H19N3/c1-4-12(2)13-5-7-14(8-6-13)15(11-17)16-18-9-10-19(16)3/h5-10,12,15H,4H2,1-3H3. The van der Waals surface area contributed by atoms with E-state index in [0.717, 1.165) is 17.8 Å². The maximum absolute atomic E-state index is 9.40. The van der Waals surface area contributed by atoms with Crippen LogP contribution in [-0.2, 0) is 7.05 Å². The highest BCUT2D eigenvalue weighted by Gasteiger charge is 2.17. The maximum atomic E-state index is 9.40. The zero-order valence-corrected chi connectivity index (χ0v) is 11.7. The molecule has 1 heterocycles. The molecule has 2 aromatic rings. The lowest BCUT2D eigenvalue weighted by molar-refractivity contribution is 0.731. The molecular weight excluding hydrogens is 234 g/mol. The molecule has 3 nitrogen and oxygen atoms in total. The molecule has 0 aliphatic rings. The molecule has 0 aliphatic heterocycles. The lowest BCUT2D eigenvalue weighted by Gasteiger charge is -2.12. The summed E-state index contributed by atoms with van der Waals surface area (Å²) < 4.78 is 1.90. The Kier molecular flexibility index (Phi) is 4.01. The number of rotatable bonds is 4. The number of aryl methyl sites for hydroxylation is 1. The Morgan fingerprint density at radius 2 is 1.89 bits per heavy atom. The predicted molar refractivity (Wildman–Crippen MR) is 75.8 cm³/mol. The van der Waals surface area contributed by atoms with E-state index in [2.05, 4.69) is 37.0 Å². The van der Waals surface area contributed by atoms with E-state index in [1.807, 2.05) is 29.9 Å². The zero-order valence-electron chi connectivity index (χ0n) is 11.7. The summed E-state index contributed by atoms with van der Waals surface area (Å²) in [4.78, 5) is 4.28. The second-order valence-corrected chi connectivity index (χ2v) is 4.93. The number of hydrogen-bond acceptors (Lipinski definition) is 2. The van der Waals surface area contributed by atoms with Gasteiger partial charge in [-0.3, -0.25) is 0 Å². The fourth-order valence-corrected chi connectivity index (χ4v) is 2.19. The van der Waals surface area contributed by atoms with Gasteiger partial charge in [-0.2, -0.15) is 5.26 Å². The predicted octanol–water partition coefficient (Wildman–Crippen LogP) is 3.59. The van der Waals surface area contributed by atoms with Gasteiger partial charge in [0.1, 0.15) is 11.7 Å². The van der Waals surface area contributed by atoms with Crippen molar-refractivity contribution in [1.29, 1.82) is 5.26 Å². The molecule has 0 amide bonds. The van der Waals surface area contributed by atoms with Gasteiger partial charge in [-0.15, -0.1) is 0 Å². The monoisotopic (exact) mass is 253 g/mol. The van der Waals surface area contributed by atoms with Crippen molar-refractivity contribution < 1.29 is 0 Å². The first-order valence-corrected chi connectivity index (χ1v) is 6.64. The van der Waals surface area contributed by atoms with Crippen LogP contribution in [0.1, 0.15) is 49.1 Å². The van der Waals surface area contributed by atoms with E-state index in [4.69, 9.17) is 0 Å². The maximum Gasteiger partial charge on any atom is 0.130 e. The minimum atomic E-state index is -0.300. The molecule has 1 aromatic carbocycles. The van der Waals surface area contributed by atoms with Crippen molar-refractivity contribution in [2.75, 3.05) is 0 Å². The number of aromatic nitrogens is 2. The summed E-state index contributed by atoms with van der Waals surface area (Å²) in [6.07, 6.45) is 4.72. The summed E-state index contributed by atoms with van der Waals surface area (Å²) in [5.74, 6) is 1.05. The minimum Gasteiger partial charge on any atom is -0.337 e. The van der Waals surface area contributed by atoms with Crippen molar-refractivity contribution in [1.82, 2.24) is 9.55 Å². The Morgan fingerprint density at radius 3 is 2.37 bits per heavy atom. The summed E-state index contributed by atoms with van der Waals surface area (Å²) in [6.45, 7) is 4.40. The summed E-state index contributed by atoms with van der Waals surface area (Å²) in [5, 5.41) is 9.40. The van der Waals surface area contributed by atoms with Crippen LogP contribution in [0.4, 0.5) is 0 Å². The van der Waals surface area contributed by atoms with E-state index in [0.29, 0.717) is 5.92 Å². The van der Waals surface area contributed by atoms with Gasteiger partial charge in [-0.05, 0) is 23.5 Å². The quantitative estimate of drug-likeness (QED) is 0.835. The Labute approximate surface area is 114 Å². The average Bonchev–Trinajstić information content (AvgIpc) is 2.86. The molecule has 3 heteroatoms. The topological polar surface area (TPSA) is 41.6 Å². The number of hydrogen-bond donors (Lipinski definition) is 0. The van der Waals surface area contributed by atoms with Crippen LogP contribution in [0.3, 0.4) is 0 Å². The van der Waals surface area contributed by atoms with Gasteiger partial charge in [0.05, 0.1) is 6.07 Å². The molecule has 0 aliphatic carbocycles. The van der Waals surface area contributed by atoms with Gasteiger partial charge < -0.3 is 4.57 Å². The molecule has 0 saturated heterocycles. The van der Waals surface area contributed by atoms with Crippen molar-refractivity contribution in [2.24, 2.45) is 7.05 Å². The molecule has 2 unspecified atom stereocenters. The van der Waals surface area contributed by atoms with Crippen LogP contribution in [-0.4, -0.2) is 9.55 Å². The van der Waals surface area contributed by atoms with Crippen molar-refractivity contribution in [2.45, 2.75) is 32.1 Å². The van der Waals surface area contributed by atoms with E-state index < -0.39 is 0 Å². The minimum absolute atomic E-state index is 0.300. The summed E-state index contributed by atoms with van der Waals surface area (Å²) >= 11 is 0. The normalized spacial score (nSPS) is 13.8. The first kappa shape index (κ1) is 13.4. The number of nitrogens with zero attached hydrogens (tertiary/aromatic N) is 3. The number of nitriles is 1. The smallest absolute Gasteiger partial charge is 0.130 e. The van der Waals surface area contributed by atoms with Crippen LogP contribution < -0.4 is 0 Å². The molecule has 0 fully saturated rings. The van der Waals surface area contributed by atoms with Gasteiger partial charge >= 0.3 is 0 Å². The van der Waals surface area contributed by atoms with Crippen LogP contribution in [0.25, 0.3) is 0 Å². The molecule has 0 N–H and O–H groups in total. The highest BCUT2D eigenvalue weighted by Crippen LogP contribution is 2.25. The number of benzene rings is 1. The van der Waals surface area contributed by atoms with E-state index >= 15 is 0 Å². The summed E-state index contributed by atoms with van der Waals surface area (Å²) in [5.41, 5.74) is 2.33. The van der Waals surface area contributed by atoms with Crippen molar-refractivity contribution in [3.8, 4) is 6.07 Å². The van der Waals surface area contributed by atoms with Crippen LogP contribution in [0.5, 0.6) is 0 Å². The fourth-order valence-electron chi connectivity index (χ4n) is 2.19. The van der Waals surface area contributed by atoms with Crippen LogP contribution in [0.2, 0.25) is 0 Å². The van der Waals surface area contributed by atoms with Crippen LogP contribution >= 0.6 is 0 Å². The summed E-state index contributed by atoms with van der Waals surface area (Å²) in [7, 11) is 1.92. The molecule has 0 bridgehead atoms. The van der Waals surface area contributed by atoms with E-state index in [9.17, 15) is 5.26 Å².